The largest absolute Gasteiger partial charge is 0.465 e. The summed E-state index contributed by atoms with van der Waals surface area (Å²) in [7, 11) is 1.98. The quantitative estimate of drug-likeness (QED) is 0.805. The van der Waals surface area contributed by atoms with E-state index in [0.717, 1.165) is 44.5 Å². The van der Waals surface area contributed by atoms with Crippen LogP contribution in [-0.4, -0.2) is 52.2 Å². The number of likely N-dealkylation sites (tertiary alicyclic amines) is 1. The number of nitrogens with one attached hydrogen (secondary N) is 1. The number of esters is 1. The Morgan fingerprint density at radius 3 is 2.96 bits per heavy atom. The summed E-state index contributed by atoms with van der Waals surface area (Å²) < 4.78 is 6.84. The number of carbonyl (C=O) groups excluding carboxylic acids is 2. The average Bonchev–Trinajstić information content (AvgIpc) is 2.96. The van der Waals surface area contributed by atoms with Crippen molar-refractivity contribution < 1.29 is 14.3 Å². The average molecular weight is 322 g/mol. The molecule has 2 amide bonds. The molecule has 1 aliphatic rings. The first kappa shape index (κ1) is 17.3. The van der Waals surface area contributed by atoms with Gasteiger partial charge in [-0.25, -0.2) is 9.78 Å². The third kappa shape index (κ3) is 4.97. The zero-order valence-electron chi connectivity index (χ0n) is 14.0. The molecule has 23 heavy (non-hydrogen) atoms. The van der Waals surface area contributed by atoms with E-state index in [2.05, 4.69) is 10.3 Å². The van der Waals surface area contributed by atoms with Gasteiger partial charge in [-0.1, -0.05) is 0 Å². The number of imidazole rings is 1. The van der Waals surface area contributed by atoms with Crippen LogP contribution in [0.1, 0.15) is 38.4 Å². The Bertz CT molecular complexity index is 529. The lowest BCUT2D eigenvalue weighted by molar-refractivity contribution is -0.141. The van der Waals surface area contributed by atoms with Gasteiger partial charge in [0.2, 0.25) is 0 Å². The van der Waals surface area contributed by atoms with Crippen LogP contribution in [0, 0.1) is 0 Å². The van der Waals surface area contributed by atoms with Crippen LogP contribution in [0.5, 0.6) is 0 Å². The molecule has 7 heteroatoms. The van der Waals surface area contributed by atoms with E-state index in [-0.39, 0.29) is 18.6 Å². The molecule has 0 saturated carbocycles. The van der Waals surface area contributed by atoms with Crippen LogP contribution < -0.4 is 5.32 Å². The van der Waals surface area contributed by atoms with Crippen molar-refractivity contribution in [2.75, 3.05) is 19.7 Å². The molecule has 0 aromatic carbocycles. The minimum Gasteiger partial charge on any atom is -0.465 e. The molecule has 0 radical (unpaired) electrons. The van der Waals surface area contributed by atoms with Gasteiger partial charge in [-0.2, -0.15) is 0 Å². The highest BCUT2D eigenvalue weighted by Gasteiger charge is 2.27. The van der Waals surface area contributed by atoms with Crippen LogP contribution in [0.4, 0.5) is 4.79 Å². The first-order valence-corrected chi connectivity index (χ1v) is 8.28. The third-order valence-electron chi connectivity index (χ3n) is 4.20. The highest BCUT2D eigenvalue weighted by atomic mass is 16.5. The van der Waals surface area contributed by atoms with E-state index >= 15 is 0 Å². The molecule has 0 unspecified atom stereocenters. The molecule has 0 aliphatic carbocycles. The molecular formula is C16H26N4O3. The highest BCUT2D eigenvalue weighted by Crippen LogP contribution is 2.21. The lowest BCUT2D eigenvalue weighted by Crippen LogP contribution is -2.50. The van der Waals surface area contributed by atoms with Crippen molar-refractivity contribution in [2.45, 2.75) is 45.1 Å². The normalized spacial score (nSPS) is 17.8. The van der Waals surface area contributed by atoms with Crippen LogP contribution >= 0.6 is 0 Å². The molecule has 2 rings (SSSR count). The second-order valence-electron chi connectivity index (χ2n) is 5.80. The van der Waals surface area contributed by atoms with E-state index in [1.165, 1.54) is 0 Å². The molecule has 1 aromatic rings. The lowest BCUT2D eigenvalue weighted by atomic mass is 9.98. The van der Waals surface area contributed by atoms with Crippen LogP contribution in [-0.2, 0) is 23.0 Å². The Morgan fingerprint density at radius 2 is 2.26 bits per heavy atom. The fraction of sp³-hybridized carbons (Fsp3) is 0.688. The van der Waals surface area contributed by atoms with Crippen LogP contribution in [0.3, 0.4) is 0 Å². The number of piperidine rings is 1. The standard InChI is InChI=1S/C16H26N4O3/c1-3-23-15(21)12-18-16(22)20-10-5-4-6-13(20)7-8-14-17-9-11-19(14)2/h9,11,13H,3-8,10,12H2,1-2H3,(H,18,22)/t13-/m0/s1. The fourth-order valence-corrected chi connectivity index (χ4v) is 2.96. The van der Waals surface area contributed by atoms with Crippen molar-refractivity contribution in [3.8, 4) is 0 Å². The maximum Gasteiger partial charge on any atom is 0.325 e. The van der Waals surface area contributed by atoms with Gasteiger partial charge in [0.25, 0.3) is 0 Å². The molecule has 1 N–H and O–H groups in total. The molecule has 1 aromatic heterocycles. The topological polar surface area (TPSA) is 76.5 Å². The van der Waals surface area contributed by atoms with E-state index in [4.69, 9.17) is 4.74 Å². The van der Waals surface area contributed by atoms with Crippen molar-refractivity contribution in [2.24, 2.45) is 7.05 Å². The number of aryl methyl sites for hydroxylation is 2. The van der Waals surface area contributed by atoms with E-state index < -0.39 is 5.97 Å². The summed E-state index contributed by atoms with van der Waals surface area (Å²) in [5.41, 5.74) is 0. The number of rotatable bonds is 6. The Morgan fingerprint density at radius 1 is 1.43 bits per heavy atom. The predicted octanol–water partition coefficient (Wildman–Crippen LogP) is 1.48. The summed E-state index contributed by atoms with van der Waals surface area (Å²) in [4.78, 5) is 29.9. The number of aromatic nitrogens is 2. The number of hydrogen-bond acceptors (Lipinski definition) is 4. The summed E-state index contributed by atoms with van der Waals surface area (Å²) in [5.74, 6) is 0.630. The minimum atomic E-state index is -0.401. The lowest BCUT2D eigenvalue weighted by Gasteiger charge is -2.35. The Balaban J connectivity index is 1.86. The second kappa shape index (κ2) is 8.55. The summed E-state index contributed by atoms with van der Waals surface area (Å²) in [6.45, 7) is 2.73. The fourth-order valence-electron chi connectivity index (χ4n) is 2.96. The SMILES string of the molecule is CCOC(=O)CNC(=O)N1CCCC[C@H]1CCc1nccn1C. The summed E-state index contributed by atoms with van der Waals surface area (Å²) in [5, 5.41) is 2.66. The van der Waals surface area contributed by atoms with E-state index in [9.17, 15) is 9.59 Å². The Kier molecular flexibility index (Phi) is 6.43. The van der Waals surface area contributed by atoms with Crippen molar-refractivity contribution >= 4 is 12.0 Å². The second-order valence-corrected chi connectivity index (χ2v) is 5.80. The van der Waals surface area contributed by atoms with Gasteiger partial charge in [0, 0.05) is 38.4 Å². The first-order valence-electron chi connectivity index (χ1n) is 8.28. The monoisotopic (exact) mass is 322 g/mol. The van der Waals surface area contributed by atoms with E-state index in [1.807, 2.05) is 22.7 Å². The molecule has 0 bridgehead atoms. The van der Waals surface area contributed by atoms with Crippen molar-refractivity contribution in [3.05, 3.63) is 18.2 Å². The maximum atomic E-state index is 12.3. The van der Waals surface area contributed by atoms with Crippen LogP contribution in [0.15, 0.2) is 12.4 Å². The summed E-state index contributed by atoms with van der Waals surface area (Å²) in [6.07, 6.45) is 8.59. The third-order valence-corrected chi connectivity index (χ3v) is 4.20. The van der Waals surface area contributed by atoms with Gasteiger partial charge in [-0.05, 0) is 32.6 Å². The van der Waals surface area contributed by atoms with Crippen LogP contribution in [0.2, 0.25) is 0 Å². The number of ether oxygens (including phenoxy) is 1. The molecule has 7 nitrogen and oxygen atoms in total. The number of amides is 2. The van der Waals surface area contributed by atoms with Gasteiger partial charge < -0.3 is 19.5 Å². The Labute approximate surface area is 137 Å². The molecule has 1 saturated heterocycles. The summed E-state index contributed by atoms with van der Waals surface area (Å²) in [6, 6.07) is 0.0187. The summed E-state index contributed by atoms with van der Waals surface area (Å²) >= 11 is 0. The zero-order chi connectivity index (χ0) is 16.7. The van der Waals surface area contributed by atoms with Gasteiger partial charge >= 0.3 is 12.0 Å². The predicted molar refractivity (Wildman–Crippen MR) is 85.9 cm³/mol. The highest BCUT2D eigenvalue weighted by molar-refractivity contribution is 5.81. The molecule has 2 heterocycles. The molecular weight excluding hydrogens is 296 g/mol. The number of hydrogen-bond donors (Lipinski definition) is 1. The van der Waals surface area contributed by atoms with Gasteiger partial charge in [0.05, 0.1) is 6.61 Å². The maximum absolute atomic E-state index is 12.3. The van der Waals surface area contributed by atoms with Crippen molar-refractivity contribution in [3.63, 3.8) is 0 Å². The van der Waals surface area contributed by atoms with Crippen molar-refractivity contribution in [1.29, 1.82) is 0 Å². The van der Waals surface area contributed by atoms with E-state index in [0.29, 0.717) is 6.61 Å². The van der Waals surface area contributed by atoms with E-state index in [1.54, 1.807) is 13.1 Å². The zero-order valence-corrected chi connectivity index (χ0v) is 14.0. The van der Waals surface area contributed by atoms with Crippen molar-refractivity contribution in [1.82, 2.24) is 19.8 Å². The van der Waals surface area contributed by atoms with Gasteiger partial charge in [-0.15, -0.1) is 0 Å². The smallest absolute Gasteiger partial charge is 0.325 e. The van der Waals surface area contributed by atoms with Gasteiger partial charge in [-0.3, -0.25) is 4.79 Å². The van der Waals surface area contributed by atoms with Crippen LogP contribution in [0.25, 0.3) is 0 Å². The van der Waals surface area contributed by atoms with Gasteiger partial charge in [0.1, 0.15) is 12.4 Å². The molecule has 128 valence electrons. The Hall–Kier alpha value is -2.05. The number of carbonyl (C=O) groups is 2. The van der Waals surface area contributed by atoms with Gasteiger partial charge in [0.15, 0.2) is 0 Å². The molecule has 0 spiro atoms. The minimum absolute atomic E-state index is 0.0741. The number of nitrogens with zero attached hydrogens (tertiary/aromatic N) is 3. The number of urea groups is 1. The molecule has 1 aliphatic heterocycles. The molecule has 1 fully saturated rings. The first-order chi connectivity index (χ1) is 11.1. The molecule has 1 atom stereocenters.